The molecule has 200 valence electrons. The van der Waals surface area contributed by atoms with Crippen molar-refractivity contribution in [2.45, 2.75) is 17.4 Å². The molecule has 0 bridgehead atoms. The van der Waals surface area contributed by atoms with E-state index in [2.05, 4.69) is 21.2 Å². The molecule has 1 saturated heterocycles. The molecule has 1 heterocycles. The van der Waals surface area contributed by atoms with E-state index in [4.69, 9.17) is 5.73 Å². The molecule has 8 nitrogen and oxygen atoms in total. The van der Waals surface area contributed by atoms with Crippen LogP contribution in [0.1, 0.15) is 17.2 Å². The van der Waals surface area contributed by atoms with Crippen molar-refractivity contribution >= 4 is 49.0 Å². The first-order valence-corrected chi connectivity index (χ1v) is 14.6. The predicted molar refractivity (Wildman–Crippen MR) is 148 cm³/mol. The maximum Gasteiger partial charge on any atom is 0.249 e. The number of amides is 2. The van der Waals surface area contributed by atoms with E-state index in [0.717, 1.165) is 22.4 Å². The highest BCUT2D eigenvalue weighted by Gasteiger charge is 2.31. The molecule has 3 aromatic rings. The van der Waals surface area contributed by atoms with Gasteiger partial charge in [0.15, 0.2) is 9.84 Å². The molecule has 11 heteroatoms. The van der Waals surface area contributed by atoms with Gasteiger partial charge in [0.1, 0.15) is 11.9 Å². The number of carbonyl (C=O) groups is 2. The van der Waals surface area contributed by atoms with Crippen LogP contribution in [0.5, 0.6) is 0 Å². The SMILES string of the molecule is CS(=O)(=O)c1cc(F)ccc1N1CCN(C(=O)C(NC(=O)Cc2ccc(Br)c(N)c2)c2ccccc2)CC1. The fourth-order valence-electron chi connectivity index (χ4n) is 4.43. The smallest absolute Gasteiger partial charge is 0.249 e. The first-order chi connectivity index (χ1) is 18.0. The Morgan fingerprint density at radius 1 is 1.03 bits per heavy atom. The number of halogens is 2. The lowest BCUT2D eigenvalue weighted by Gasteiger charge is -2.38. The Morgan fingerprint density at radius 2 is 1.71 bits per heavy atom. The van der Waals surface area contributed by atoms with Gasteiger partial charge in [-0.1, -0.05) is 36.4 Å². The Morgan fingerprint density at radius 3 is 2.34 bits per heavy atom. The van der Waals surface area contributed by atoms with Crippen LogP contribution in [0.25, 0.3) is 0 Å². The average Bonchev–Trinajstić information content (AvgIpc) is 2.89. The zero-order chi connectivity index (χ0) is 27.4. The van der Waals surface area contributed by atoms with Crippen molar-refractivity contribution in [1.29, 1.82) is 0 Å². The summed E-state index contributed by atoms with van der Waals surface area (Å²) in [5.74, 6) is -1.21. The summed E-state index contributed by atoms with van der Waals surface area (Å²) in [6.07, 6.45) is 1.10. The normalized spacial score (nSPS) is 14.7. The predicted octanol–water partition coefficient (Wildman–Crippen LogP) is 3.32. The van der Waals surface area contributed by atoms with Gasteiger partial charge < -0.3 is 20.9 Å². The number of hydrogen-bond donors (Lipinski definition) is 2. The van der Waals surface area contributed by atoms with Crippen molar-refractivity contribution in [1.82, 2.24) is 10.2 Å². The Bertz CT molecular complexity index is 1440. The standard InChI is InChI=1S/C27H28BrFN4O4S/c1-38(36,37)24-17-20(29)8-10-23(24)32-11-13-33(14-12-32)27(35)26(19-5-3-2-4-6-19)31-25(34)16-18-7-9-21(28)22(30)15-18/h2-10,15,17,26H,11-14,16,30H2,1H3,(H,31,34). The van der Waals surface area contributed by atoms with E-state index in [1.54, 1.807) is 47.4 Å². The fourth-order valence-corrected chi connectivity index (χ4v) is 5.58. The van der Waals surface area contributed by atoms with Crippen LogP contribution in [0.2, 0.25) is 0 Å². The minimum absolute atomic E-state index is 0.0563. The molecule has 0 saturated carbocycles. The molecular formula is C27H28BrFN4O4S. The van der Waals surface area contributed by atoms with Gasteiger partial charge in [0.2, 0.25) is 11.8 Å². The highest BCUT2D eigenvalue weighted by atomic mass is 79.9. The third-order valence-corrected chi connectivity index (χ3v) is 8.21. The molecule has 1 atom stereocenters. The van der Waals surface area contributed by atoms with Gasteiger partial charge in [-0.3, -0.25) is 9.59 Å². The van der Waals surface area contributed by atoms with E-state index in [9.17, 15) is 22.4 Å². The van der Waals surface area contributed by atoms with Gasteiger partial charge in [-0.15, -0.1) is 0 Å². The lowest BCUT2D eigenvalue weighted by atomic mass is 10.0. The van der Waals surface area contributed by atoms with Crippen LogP contribution in [0.4, 0.5) is 15.8 Å². The summed E-state index contributed by atoms with van der Waals surface area (Å²) in [5.41, 5.74) is 8.23. The van der Waals surface area contributed by atoms with Crippen LogP contribution >= 0.6 is 15.9 Å². The first-order valence-electron chi connectivity index (χ1n) is 11.9. The van der Waals surface area contributed by atoms with E-state index in [1.165, 1.54) is 12.1 Å². The number of piperazine rings is 1. The van der Waals surface area contributed by atoms with Crippen molar-refractivity contribution in [3.8, 4) is 0 Å². The second-order valence-electron chi connectivity index (χ2n) is 9.14. The maximum atomic E-state index is 13.8. The zero-order valence-corrected chi connectivity index (χ0v) is 23.1. The first kappa shape index (κ1) is 27.6. The fraction of sp³-hybridized carbons (Fsp3) is 0.259. The molecule has 1 aliphatic rings. The van der Waals surface area contributed by atoms with Crippen LogP contribution in [0.3, 0.4) is 0 Å². The van der Waals surface area contributed by atoms with Crippen molar-refractivity contribution in [2.75, 3.05) is 43.1 Å². The zero-order valence-electron chi connectivity index (χ0n) is 20.7. The highest BCUT2D eigenvalue weighted by Crippen LogP contribution is 2.28. The van der Waals surface area contributed by atoms with Gasteiger partial charge in [0.25, 0.3) is 0 Å². The number of rotatable bonds is 7. The Labute approximate surface area is 229 Å². The van der Waals surface area contributed by atoms with Crippen LogP contribution in [0.15, 0.2) is 76.1 Å². The van der Waals surface area contributed by atoms with Crippen molar-refractivity contribution < 1.29 is 22.4 Å². The molecule has 1 aliphatic heterocycles. The molecule has 0 aromatic heterocycles. The number of nitrogens with zero attached hydrogens (tertiary/aromatic N) is 2. The van der Waals surface area contributed by atoms with Crippen LogP contribution in [0, 0.1) is 5.82 Å². The monoisotopic (exact) mass is 602 g/mol. The number of nitrogens with one attached hydrogen (secondary N) is 1. The lowest BCUT2D eigenvalue weighted by Crippen LogP contribution is -2.52. The summed E-state index contributed by atoms with van der Waals surface area (Å²) < 4.78 is 39.0. The molecule has 0 aliphatic carbocycles. The highest BCUT2D eigenvalue weighted by molar-refractivity contribution is 9.10. The minimum Gasteiger partial charge on any atom is -0.398 e. The van der Waals surface area contributed by atoms with Gasteiger partial charge in [0, 0.05) is 42.6 Å². The number of nitrogens with two attached hydrogens (primary N) is 1. The van der Waals surface area contributed by atoms with Crippen LogP contribution in [-0.2, 0) is 25.8 Å². The average molecular weight is 604 g/mol. The largest absolute Gasteiger partial charge is 0.398 e. The van der Waals surface area contributed by atoms with E-state index in [0.29, 0.717) is 43.1 Å². The quantitative estimate of drug-likeness (QED) is 0.401. The maximum absolute atomic E-state index is 13.8. The van der Waals surface area contributed by atoms with Gasteiger partial charge in [-0.2, -0.15) is 0 Å². The molecule has 4 rings (SSSR count). The van der Waals surface area contributed by atoms with Crippen molar-refractivity contribution in [2.24, 2.45) is 0 Å². The van der Waals surface area contributed by atoms with E-state index in [1.807, 2.05) is 11.0 Å². The second-order valence-corrected chi connectivity index (χ2v) is 12.0. The van der Waals surface area contributed by atoms with Crippen LogP contribution in [-0.4, -0.2) is 57.6 Å². The molecule has 38 heavy (non-hydrogen) atoms. The Hall–Kier alpha value is -3.44. The Balaban J connectivity index is 1.49. The van der Waals surface area contributed by atoms with E-state index in [-0.39, 0.29) is 23.1 Å². The van der Waals surface area contributed by atoms with Crippen molar-refractivity contribution in [3.63, 3.8) is 0 Å². The lowest BCUT2D eigenvalue weighted by molar-refractivity contribution is -0.136. The topological polar surface area (TPSA) is 113 Å². The number of hydrogen-bond acceptors (Lipinski definition) is 6. The Kier molecular flexibility index (Phi) is 8.37. The summed E-state index contributed by atoms with van der Waals surface area (Å²) in [7, 11) is -3.65. The molecular weight excluding hydrogens is 575 g/mol. The van der Waals surface area contributed by atoms with Gasteiger partial charge in [-0.25, -0.2) is 12.8 Å². The van der Waals surface area contributed by atoms with Gasteiger partial charge in [-0.05, 0) is 57.4 Å². The van der Waals surface area contributed by atoms with E-state index < -0.39 is 21.7 Å². The molecule has 1 fully saturated rings. The van der Waals surface area contributed by atoms with Crippen LogP contribution < -0.4 is 16.0 Å². The molecule has 3 aromatic carbocycles. The number of benzene rings is 3. The molecule has 2 amide bonds. The van der Waals surface area contributed by atoms with Gasteiger partial charge in [0.05, 0.1) is 17.0 Å². The summed E-state index contributed by atoms with van der Waals surface area (Å²) in [5, 5.41) is 2.87. The molecule has 0 spiro atoms. The molecule has 3 N–H and O–H groups in total. The minimum atomic E-state index is -3.65. The summed E-state index contributed by atoms with van der Waals surface area (Å²) in [6, 6.07) is 17.1. The number of anilines is 2. The third-order valence-electron chi connectivity index (χ3n) is 6.36. The number of sulfone groups is 1. The second kappa shape index (κ2) is 11.5. The molecule has 0 radical (unpaired) electrons. The third kappa shape index (κ3) is 6.51. The van der Waals surface area contributed by atoms with Crippen molar-refractivity contribution in [3.05, 3.63) is 88.1 Å². The summed E-state index contributed by atoms with van der Waals surface area (Å²) in [6.45, 7) is 1.32. The number of nitrogen functional groups attached to an aromatic ring is 1. The summed E-state index contributed by atoms with van der Waals surface area (Å²) in [4.78, 5) is 30.0. The number of carbonyl (C=O) groups excluding carboxylic acids is 2. The van der Waals surface area contributed by atoms with E-state index >= 15 is 0 Å². The molecule has 1 unspecified atom stereocenters. The summed E-state index contributed by atoms with van der Waals surface area (Å²) >= 11 is 3.34. The van der Waals surface area contributed by atoms with Gasteiger partial charge >= 0.3 is 0 Å².